The Labute approximate surface area is 146 Å². The van der Waals surface area contributed by atoms with Crippen LogP contribution in [0.25, 0.3) is 10.9 Å². The van der Waals surface area contributed by atoms with Crippen LogP contribution in [0.5, 0.6) is 0 Å². The molecule has 0 aliphatic rings. The normalized spacial score (nSPS) is 13.1. The molecule has 0 spiro atoms. The fraction of sp³-hybridized carbons (Fsp3) is 0.167. The molecule has 1 aromatic heterocycles. The first-order valence-corrected chi connectivity index (χ1v) is 9.37. The van der Waals surface area contributed by atoms with Crippen molar-refractivity contribution in [2.75, 3.05) is 0 Å². The molecule has 0 unspecified atom stereocenters. The lowest BCUT2D eigenvalue weighted by Crippen LogP contribution is -2.27. The van der Waals surface area contributed by atoms with Crippen molar-refractivity contribution in [2.24, 2.45) is 0 Å². The van der Waals surface area contributed by atoms with Gasteiger partial charge >= 0.3 is 0 Å². The number of pyridine rings is 1. The van der Waals surface area contributed by atoms with E-state index >= 15 is 0 Å². The Morgan fingerprint density at radius 2 is 1.88 bits per heavy atom. The fourth-order valence-electron chi connectivity index (χ4n) is 2.65. The molecular weight excluding hydrogens is 344 g/mol. The molecule has 0 amide bonds. The Kier molecular flexibility index (Phi) is 4.58. The van der Waals surface area contributed by atoms with Crippen LogP contribution in [0, 0.1) is 6.92 Å². The molecule has 1 N–H and O–H groups in total. The Morgan fingerprint density at radius 1 is 1.12 bits per heavy atom. The predicted molar refractivity (Wildman–Crippen MR) is 96.7 cm³/mol. The third-order valence-corrected chi connectivity index (χ3v) is 5.72. The number of para-hydroxylation sites is 1. The van der Waals surface area contributed by atoms with Gasteiger partial charge in [-0.15, -0.1) is 0 Å². The molecule has 0 bridgehead atoms. The van der Waals surface area contributed by atoms with Gasteiger partial charge < -0.3 is 0 Å². The van der Waals surface area contributed by atoms with E-state index in [1.54, 1.807) is 37.4 Å². The average molecular weight is 361 g/mol. The van der Waals surface area contributed by atoms with E-state index in [0.717, 1.165) is 16.5 Å². The molecule has 124 valence electrons. The summed E-state index contributed by atoms with van der Waals surface area (Å²) in [5.74, 6) is 0. The summed E-state index contributed by atoms with van der Waals surface area (Å²) in [6, 6.07) is 13.8. The molecule has 0 saturated heterocycles. The molecule has 1 atom stereocenters. The molecule has 3 aromatic rings. The van der Waals surface area contributed by atoms with Gasteiger partial charge in [-0.05, 0) is 43.2 Å². The van der Waals surface area contributed by atoms with E-state index in [1.165, 1.54) is 0 Å². The number of aryl methyl sites for hydroxylation is 1. The Bertz CT molecular complexity index is 1000. The van der Waals surface area contributed by atoms with Gasteiger partial charge in [-0.1, -0.05) is 41.9 Å². The summed E-state index contributed by atoms with van der Waals surface area (Å²) < 4.78 is 28.3. The number of sulfonamides is 1. The highest BCUT2D eigenvalue weighted by Gasteiger charge is 2.22. The first-order valence-electron chi connectivity index (χ1n) is 7.50. The summed E-state index contributed by atoms with van der Waals surface area (Å²) in [5, 5.41) is 1.32. The summed E-state index contributed by atoms with van der Waals surface area (Å²) in [6.45, 7) is 3.69. The number of aromatic nitrogens is 1. The number of hydrogen-bond donors (Lipinski definition) is 1. The van der Waals surface area contributed by atoms with Crippen LogP contribution < -0.4 is 4.72 Å². The number of fused-ring (bicyclic) bond motifs is 1. The lowest BCUT2D eigenvalue weighted by atomic mass is 10.1. The van der Waals surface area contributed by atoms with Gasteiger partial charge in [-0.25, -0.2) is 13.1 Å². The van der Waals surface area contributed by atoms with Crippen molar-refractivity contribution in [1.82, 2.24) is 9.71 Å². The van der Waals surface area contributed by atoms with Crippen LogP contribution in [0.2, 0.25) is 5.02 Å². The number of hydrogen-bond acceptors (Lipinski definition) is 3. The van der Waals surface area contributed by atoms with Crippen molar-refractivity contribution in [2.45, 2.75) is 24.8 Å². The lowest BCUT2D eigenvalue weighted by molar-refractivity contribution is 0.567. The smallest absolute Gasteiger partial charge is 0.243 e. The number of benzene rings is 2. The van der Waals surface area contributed by atoms with Crippen LogP contribution in [0.3, 0.4) is 0 Å². The zero-order chi connectivity index (χ0) is 17.3. The van der Waals surface area contributed by atoms with Gasteiger partial charge in [0.25, 0.3) is 0 Å². The van der Waals surface area contributed by atoms with E-state index in [9.17, 15) is 8.42 Å². The van der Waals surface area contributed by atoms with E-state index in [4.69, 9.17) is 11.6 Å². The Hall–Kier alpha value is -1.95. The van der Waals surface area contributed by atoms with Crippen LogP contribution in [0.1, 0.15) is 24.1 Å². The predicted octanol–water partition coefficient (Wildman–Crippen LogP) is 4.24. The second-order valence-corrected chi connectivity index (χ2v) is 7.79. The van der Waals surface area contributed by atoms with E-state index in [-0.39, 0.29) is 4.90 Å². The van der Waals surface area contributed by atoms with Gasteiger partial charge in [0.1, 0.15) is 4.90 Å². The highest BCUT2D eigenvalue weighted by atomic mass is 35.5. The number of halogens is 1. The van der Waals surface area contributed by atoms with Crippen molar-refractivity contribution < 1.29 is 8.42 Å². The van der Waals surface area contributed by atoms with E-state index in [2.05, 4.69) is 9.71 Å². The average Bonchev–Trinajstić information content (AvgIpc) is 2.53. The van der Waals surface area contributed by atoms with Gasteiger partial charge in [0.15, 0.2) is 0 Å². The molecule has 3 rings (SSSR count). The minimum Gasteiger partial charge on any atom is -0.255 e. The van der Waals surface area contributed by atoms with E-state index in [1.807, 2.05) is 31.2 Å². The lowest BCUT2D eigenvalue weighted by Gasteiger charge is -2.16. The van der Waals surface area contributed by atoms with Crippen molar-refractivity contribution in [3.8, 4) is 0 Å². The summed E-state index contributed by atoms with van der Waals surface area (Å²) in [4.78, 5) is 4.46. The molecule has 4 nitrogen and oxygen atoms in total. The van der Waals surface area contributed by atoms with Gasteiger partial charge in [0.2, 0.25) is 10.0 Å². The summed E-state index contributed by atoms with van der Waals surface area (Å²) >= 11 is 6.16. The molecule has 6 heteroatoms. The van der Waals surface area contributed by atoms with Crippen LogP contribution in [-0.4, -0.2) is 13.4 Å². The maximum atomic E-state index is 12.8. The zero-order valence-electron chi connectivity index (χ0n) is 13.3. The van der Waals surface area contributed by atoms with E-state index in [0.29, 0.717) is 10.5 Å². The maximum absolute atomic E-state index is 12.8. The number of nitrogens with zero attached hydrogens (tertiary/aromatic N) is 1. The molecule has 0 fully saturated rings. The van der Waals surface area contributed by atoms with Crippen LogP contribution in [0.4, 0.5) is 0 Å². The monoisotopic (exact) mass is 360 g/mol. The van der Waals surface area contributed by atoms with Crippen molar-refractivity contribution >= 4 is 32.5 Å². The first-order chi connectivity index (χ1) is 11.4. The molecular formula is C18H17ClN2O2S. The summed E-state index contributed by atoms with van der Waals surface area (Å²) in [7, 11) is -3.74. The molecule has 2 aromatic carbocycles. The highest BCUT2D eigenvalue weighted by Crippen LogP contribution is 2.26. The number of nitrogens with one attached hydrogen (secondary N) is 1. The SMILES string of the molecule is Cc1cnc2c(S(=O)(=O)N[C@H](C)c3ccccc3Cl)cccc2c1. The fourth-order valence-corrected chi connectivity index (χ4v) is 4.35. The van der Waals surface area contributed by atoms with Crippen molar-refractivity contribution in [3.63, 3.8) is 0 Å². The minimum atomic E-state index is -3.74. The zero-order valence-corrected chi connectivity index (χ0v) is 14.9. The van der Waals surface area contributed by atoms with Gasteiger partial charge in [-0.2, -0.15) is 0 Å². The number of rotatable bonds is 4. The molecule has 24 heavy (non-hydrogen) atoms. The van der Waals surface area contributed by atoms with Crippen LogP contribution in [0.15, 0.2) is 59.6 Å². The van der Waals surface area contributed by atoms with Gasteiger partial charge in [0, 0.05) is 22.6 Å². The highest BCUT2D eigenvalue weighted by molar-refractivity contribution is 7.89. The third-order valence-electron chi connectivity index (χ3n) is 3.80. The standard InChI is InChI=1S/C18H17ClN2O2S/c1-12-10-14-6-5-9-17(18(14)20-11-12)24(22,23)21-13(2)15-7-3-4-8-16(15)19/h3-11,13,21H,1-2H3/t13-/m1/s1. The molecule has 0 radical (unpaired) electrons. The molecule has 0 aliphatic carbocycles. The van der Waals surface area contributed by atoms with Crippen LogP contribution >= 0.6 is 11.6 Å². The van der Waals surface area contributed by atoms with E-state index < -0.39 is 16.1 Å². The molecule has 1 heterocycles. The second kappa shape index (κ2) is 6.51. The quantitative estimate of drug-likeness (QED) is 0.757. The first kappa shape index (κ1) is 16.9. The third kappa shape index (κ3) is 3.29. The Balaban J connectivity index is 2.01. The van der Waals surface area contributed by atoms with Crippen molar-refractivity contribution in [3.05, 3.63) is 70.9 Å². The summed E-state index contributed by atoms with van der Waals surface area (Å²) in [5.41, 5.74) is 2.17. The summed E-state index contributed by atoms with van der Waals surface area (Å²) in [6.07, 6.45) is 1.67. The maximum Gasteiger partial charge on any atom is 0.243 e. The molecule has 0 saturated carbocycles. The van der Waals surface area contributed by atoms with Crippen LogP contribution in [-0.2, 0) is 10.0 Å². The largest absolute Gasteiger partial charge is 0.255 e. The van der Waals surface area contributed by atoms with Gasteiger partial charge in [-0.3, -0.25) is 4.98 Å². The van der Waals surface area contributed by atoms with Crippen molar-refractivity contribution in [1.29, 1.82) is 0 Å². The van der Waals surface area contributed by atoms with Gasteiger partial charge in [0.05, 0.1) is 5.52 Å². The Morgan fingerprint density at radius 3 is 2.62 bits per heavy atom. The topological polar surface area (TPSA) is 59.1 Å². The molecule has 0 aliphatic heterocycles. The second-order valence-electron chi connectivity index (χ2n) is 5.71. The minimum absolute atomic E-state index is 0.166.